The summed E-state index contributed by atoms with van der Waals surface area (Å²) in [5, 5.41) is 4.04. The fraction of sp³-hybridized carbons (Fsp3) is 0.276. The molecule has 6 nitrogen and oxygen atoms in total. The number of benzene rings is 2. The summed E-state index contributed by atoms with van der Waals surface area (Å²) in [7, 11) is 1.60. The molecule has 1 N–H and O–H groups in total. The number of fused-ring (bicyclic) bond motifs is 1. The van der Waals surface area contributed by atoms with E-state index in [1.165, 1.54) is 12.4 Å². The molecule has 0 saturated heterocycles. The molecule has 2 aromatic heterocycles. The van der Waals surface area contributed by atoms with Crippen LogP contribution in [0.15, 0.2) is 53.2 Å². The molecule has 7 heteroatoms. The summed E-state index contributed by atoms with van der Waals surface area (Å²) in [4.78, 5) is 19.1. The van der Waals surface area contributed by atoms with Gasteiger partial charge >= 0.3 is 0 Å². The average molecular weight is 486 g/mol. The number of hydrogen-bond donors (Lipinski definition) is 1. The molecular weight excluding hydrogens is 457 g/mol. The quantitative estimate of drug-likeness (QED) is 0.148. The van der Waals surface area contributed by atoms with Crippen molar-refractivity contribution >= 4 is 28.7 Å². The smallest absolute Gasteiger partial charge is 0.177 e. The van der Waals surface area contributed by atoms with Gasteiger partial charge in [-0.15, -0.1) is 0 Å². The predicted octanol–water partition coefficient (Wildman–Crippen LogP) is 6.98. The highest BCUT2D eigenvalue weighted by Crippen LogP contribution is 2.37. The van der Waals surface area contributed by atoms with Gasteiger partial charge in [0, 0.05) is 30.0 Å². The summed E-state index contributed by atoms with van der Waals surface area (Å²) in [6.07, 6.45) is 7.92. The molecule has 4 aromatic rings. The van der Waals surface area contributed by atoms with Gasteiger partial charge in [-0.1, -0.05) is 18.8 Å². The molecule has 36 heavy (non-hydrogen) atoms. The number of aryl methyl sites for hydroxylation is 1. The van der Waals surface area contributed by atoms with Gasteiger partial charge in [-0.2, -0.15) is 0 Å². The Bertz CT molecular complexity index is 1420. The van der Waals surface area contributed by atoms with Gasteiger partial charge in [0.1, 0.15) is 35.8 Å². The molecule has 0 aliphatic heterocycles. The molecule has 0 radical (unpaired) electrons. The van der Waals surface area contributed by atoms with Crippen LogP contribution in [0.25, 0.3) is 22.2 Å². The highest BCUT2D eigenvalue weighted by molar-refractivity contribution is 5.95. The molecule has 0 spiro atoms. The third-order valence-corrected chi connectivity index (χ3v) is 5.83. The number of carbonyl (C=O) groups is 1. The van der Waals surface area contributed by atoms with Gasteiger partial charge < -0.3 is 19.3 Å². The van der Waals surface area contributed by atoms with E-state index in [0.29, 0.717) is 40.6 Å². The van der Waals surface area contributed by atoms with Gasteiger partial charge in [-0.25, -0.2) is 14.4 Å². The maximum atomic E-state index is 13.7. The zero-order chi connectivity index (χ0) is 25.3. The molecule has 0 amide bonds. The number of nitrogens with zero attached hydrogens (tertiary/aromatic N) is 2. The number of nitrogens with one attached hydrogen (secondary N) is 1. The maximum absolute atomic E-state index is 13.7. The lowest BCUT2D eigenvalue weighted by Crippen LogP contribution is -1.98. The van der Waals surface area contributed by atoms with E-state index in [1.54, 1.807) is 26.2 Å². The zero-order valence-electron chi connectivity index (χ0n) is 20.4. The number of halogens is 1. The molecule has 0 aliphatic carbocycles. The number of carbonyl (C=O) groups excluding carboxylic acids is 1. The van der Waals surface area contributed by atoms with Crippen molar-refractivity contribution in [1.82, 2.24) is 9.97 Å². The third kappa shape index (κ3) is 6.08. The van der Waals surface area contributed by atoms with E-state index in [4.69, 9.17) is 9.15 Å². The first kappa shape index (κ1) is 24.9. The highest BCUT2D eigenvalue weighted by Gasteiger charge is 2.15. The van der Waals surface area contributed by atoms with Crippen molar-refractivity contribution in [2.45, 2.75) is 45.4 Å². The average Bonchev–Trinajstić information content (AvgIpc) is 3.36. The number of rotatable bonds is 10. The van der Waals surface area contributed by atoms with Gasteiger partial charge in [0.2, 0.25) is 0 Å². The first-order chi connectivity index (χ1) is 17.6. The Morgan fingerprint density at radius 2 is 1.94 bits per heavy atom. The van der Waals surface area contributed by atoms with Crippen LogP contribution in [-0.4, -0.2) is 23.4 Å². The van der Waals surface area contributed by atoms with Gasteiger partial charge in [-0.3, -0.25) is 0 Å². The lowest BCUT2D eigenvalue weighted by molar-refractivity contribution is -0.107. The normalized spacial score (nSPS) is 10.6. The molecule has 0 fully saturated rings. The Kier molecular flexibility index (Phi) is 8.30. The van der Waals surface area contributed by atoms with E-state index in [0.717, 1.165) is 55.0 Å². The number of aldehydes is 1. The SMILES string of the molecule is COc1cc2ncnc(Nc3ccc(F)c(C)c3)c2cc1-c1ccc(C#CCCCCCCC=O)o1. The molecule has 0 saturated carbocycles. The molecule has 2 heterocycles. The Labute approximate surface area is 209 Å². The first-order valence-corrected chi connectivity index (χ1v) is 12.0. The van der Waals surface area contributed by atoms with E-state index < -0.39 is 0 Å². The van der Waals surface area contributed by atoms with Crippen LogP contribution in [0, 0.1) is 24.6 Å². The zero-order valence-corrected chi connectivity index (χ0v) is 20.4. The third-order valence-electron chi connectivity index (χ3n) is 5.83. The van der Waals surface area contributed by atoms with E-state index >= 15 is 0 Å². The molecule has 0 atom stereocenters. The van der Waals surface area contributed by atoms with Crippen LogP contribution in [0.4, 0.5) is 15.9 Å². The standard InChI is InChI=1S/C29H28FN3O3/c1-20-16-21(11-13-25(20)30)33-29-23-17-24(28(35-2)18-26(23)31-19-32-29)27-14-12-22(36-27)10-8-6-4-3-5-7-9-15-34/h11-19H,3-7,9H2,1-2H3,(H,31,32,33). The fourth-order valence-electron chi connectivity index (χ4n) is 3.90. The van der Waals surface area contributed by atoms with E-state index in [9.17, 15) is 9.18 Å². The number of hydrogen-bond acceptors (Lipinski definition) is 6. The summed E-state index contributed by atoms with van der Waals surface area (Å²) in [5.41, 5.74) is 2.72. The Morgan fingerprint density at radius 1 is 1.08 bits per heavy atom. The van der Waals surface area contributed by atoms with Crippen LogP contribution in [0.2, 0.25) is 0 Å². The molecule has 184 valence electrons. The lowest BCUT2D eigenvalue weighted by Gasteiger charge is -2.12. The van der Waals surface area contributed by atoms with E-state index in [2.05, 4.69) is 27.1 Å². The molecular formula is C29H28FN3O3. The van der Waals surface area contributed by atoms with E-state index in [-0.39, 0.29) is 5.82 Å². The molecule has 0 unspecified atom stereocenters. The molecule has 0 aliphatic rings. The summed E-state index contributed by atoms with van der Waals surface area (Å²) < 4.78 is 25.3. The van der Waals surface area contributed by atoms with Crippen molar-refractivity contribution in [2.24, 2.45) is 0 Å². The summed E-state index contributed by atoms with van der Waals surface area (Å²) in [6, 6.07) is 12.3. The van der Waals surface area contributed by atoms with Crippen molar-refractivity contribution in [3.05, 3.63) is 65.9 Å². The minimum absolute atomic E-state index is 0.258. The number of unbranched alkanes of at least 4 members (excludes halogenated alkanes) is 5. The van der Waals surface area contributed by atoms with Crippen molar-refractivity contribution in [3.63, 3.8) is 0 Å². The minimum Gasteiger partial charge on any atom is -0.496 e. The summed E-state index contributed by atoms with van der Waals surface area (Å²) in [5.74, 6) is 8.40. The number of anilines is 2. The van der Waals surface area contributed by atoms with Gasteiger partial charge in [0.05, 0.1) is 18.2 Å². The van der Waals surface area contributed by atoms with Crippen molar-refractivity contribution in [2.75, 3.05) is 12.4 Å². The summed E-state index contributed by atoms with van der Waals surface area (Å²) in [6.45, 7) is 1.72. The van der Waals surface area contributed by atoms with Crippen LogP contribution in [-0.2, 0) is 4.79 Å². The van der Waals surface area contributed by atoms with Crippen LogP contribution in [0.1, 0.15) is 49.8 Å². The largest absolute Gasteiger partial charge is 0.496 e. The number of ether oxygens (including phenoxy) is 1. The van der Waals surface area contributed by atoms with Gasteiger partial charge in [0.25, 0.3) is 0 Å². The Balaban J connectivity index is 1.55. The van der Waals surface area contributed by atoms with E-state index in [1.807, 2.05) is 24.3 Å². The highest BCUT2D eigenvalue weighted by atomic mass is 19.1. The predicted molar refractivity (Wildman–Crippen MR) is 139 cm³/mol. The molecule has 4 rings (SSSR count). The number of aromatic nitrogens is 2. The fourth-order valence-corrected chi connectivity index (χ4v) is 3.90. The maximum Gasteiger partial charge on any atom is 0.177 e. The second-order valence-corrected chi connectivity index (χ2v) is 8.47. The molecule has 2 aromatic carbocycles. The van der Waals surface area contributed by atoms with Crippen molar-refractivity contribution in [1.29, 1.82) is 0 Å². The number of furan rings is 1. The topological polar surface area (TPSA) is 77.3 Å². The molecule has 0 bridgehead atoms. The van der Waals surface area contributed by atoms with Crippen molar-refractivity contribution in [3.8, 4) is 28.9 Å². The van der Waals surface area contributed by atoms with Gasteiger partial charge in [0.15, 0.2) is 5.76 Å². The van der Waals surface area contributed by atoms with Gasteiger partial charge in [-0.05, 0) is 67.6 Å². The summed E-state index contributed by atoms with van der Waals surface area (Å²) >= 11 is 0. The second kappa shape index (κ2) is 12.0. The lowest BCUT2D eigenvalue weighted by atomic mass is 10.1. The van der Waals surface area contributed by atoms with Crippen molar-refractivity contribution < 1.29 is 18.3 Å². The second-order valence-electron chi connectivity index (χ2n) is 8.47. The van der Waals surface area contributed by atoms with Crippen LogP contribution in [0.5, 0.6) is 5.75 Å². The minimum atomic E-state index is -0.258. The van der Waals surface area contributed by atoms with Crippen LogP contribution < -0.4 is 10.1 Å². The first-order valence-electron chi connectivity index (χ1n) is 12.0. The number of methoxy groups -OCH3 is 1. The Morgan fingerprint density at radius 3 is 2.75 bits per heavy atom. The Hall–Kier alpha value is -4.18. The van der Waals surface area contributed by atoms with Crippen LogP contribution in [0.3, 0.4) is 0 Å². The van der Waals surface area contributed by atoms with Crippen LogP contribution >= 0.6 is 0 Å². The monoisotopic (exact) mass is 485 g/mol.